The Bertz CT molecular complexity index is 722. The van der Waals surface area contributed by atoms with Crippen molar-refractivity contribution in [1.82, 2.24) is 14.4 Å². The summed E-state index contributed by atoms with van der Waals surface area (Å²) in [4.78, 5) is 30.1. The van der Waals surface area contributed by atoms with Gasteiger partial charge in [-0.1, -0.05) is 19.3 Å². The van der Waals surface area contributed by atoms with Crippen LogP contribution in [0.4, 0.5) is 0 Å². The number of piperidine rings is 3. The quantitative estimate of drug-likeness (QED) is 0.803. The van der Waals surface area contributed by atoms with Crippen molar-refractivity contribution in [3.05, 3.63) is 24.5 Å². The number of aromatic nitrogens is 1. The van der Waals surface area contributed by atoms with E-state index < -0.39 is 0 Å². The second-order valence-electron chi connectivity index (χ2n) is 9.72. The third-order valence-electron chi connectivity index (χ3n) is 7.95. The molecular formula is C23H33N3O2. The van der Waals surface area contributed by atoms with E-state index >= 15 is 0 Å². The summed E-state index contributed by atoms with van der Waals surface area (Å²) < 4.78 is 2.32. The number of hydrogen-bond donors (Lipinski definition) is 0. The fourth-order valence-electron chi connectivity index (χ4n) is 6.59. The average molecular weight is 384 g/mol. The van der Waals surface area contributed by atoms with Crippen LogP contribution in [-0.4, -0.2) is 51.9 Å². The van der Waals surface area contributed by atoms with Crippen LogP contribution >= 0.6 is 0 Å². The zero-order valence-electron chi connectivity index (χ0n) is 16.9. The number of rotatable bonds is 3. The van der Waals surface area contributed by atoms with Gasteiger partial charge in [-0.15, -0.1) is 0 Å². The average Bonchev–Trinajstić information content (AvgIpc) is 3.25. The van der Waals surface area contributed by atoms with E-state index in [0.717, 1.165) is 51.7 Å². The first-order chi connectivity index (χ1) is 13.6. The lowest BCUT2D eigenvalue weighted by Gasteiger charge is -2.52. The van der Waals surface area contributed by atoms with Crippen molar-refractivity contribution in [1.29, 1.82) is 0 Å². The Labute approximate surface area is 168 Å². The van der Waals surface area contributed by atoms with Crippen molar-refractivity contribution >= 4 is 11.8 Å². The monoisotopic (exact) mass is 383 g/mol. The van der Waals surface area contributed by atoms with Gasteiger partial charge in [-0.05, 0) is 56.1 Å². The summed E-state index contributed by atoms with van der Waals surface area (Å²) in [7, 11) is 0. The molecule has 0 radical (unpaired) electrons. The summed E-state index contributed by atoms with van der Waals surface area (Å²) in [6, 6.07) is 4.54. The fourth-order valence-corrected chi connectivity index (χ4v) is 6.59. The molecule has 4 fully saturated rings. The maximum Gasteiger partial charge on any atom is 0.224 e. The van der Waals surface area contributed by atoms with Gasteiger partial charge in [0, 0.05) is 44.5 Å². The number of carbonyl (C=O) groups is 2. The van der Waals surface area contributed by atoms with Gasteiger partial charge < -0.3 is 14.4 Å². The van der Waals surface area contributed by atoms with Gasteiger partial charge in [0.15, 0.2) is 0 Å². The molecule has 0 aromatic carbocycles. The molecule has 28 heavy (non-hydrogen) atoms. The van der Waals surface area contributed by atoms with Crippen LogP contribution in [0.25, 0.3) is 0 Å². The van der Waals surface area contributed by atoms with Crippen LogP contribution in [-0.2, 0) is 15.1 Å². The molecule has 0 unspecified atom stereocenters. The Kier molecular flexibility index (Phi) is 4.72. The molecule has 5 rings (SSSR count). The van der Waals surface area contributed by atoms with Crippen molar-refractivity contribution in [2.45, 2.75) is 75.8 Å². The maximum atomic E-state index is 13.5. The third-order valence-corrected chi connectivity index (χ3v) is 7.95. The summed E-state index contributed by atoms with van der Waals surface area (Å²) in [5.41, 5.74) is -0.0295. The van der Waals surface area contributed by atoms with E-state index in [1.807, 2.05) is 0 Å². The van der Waals surface area contributed by atoms with Gasteiger partial charge in [0.2, 0.25) is 11.8 Å². The van der Waals surface area contributed by atoms with E-state index in [4.69, 9.17) is 0 Å². The van der Waals surface area contributed by atoms with Crippen molar-refractivity contribution in [2.75, 3.05) is 19.6 Å². The topological polar surface area (TPSA) is 45.6 Å². The van der Waals surface area contributed by atoms with Gasteiger partial charge in [-0.2, -0.15) is 0 Å². The van der Waals surface area contributed by atoms with Crippen LogP contribution in [0.2, 0.25) is 0 Å². The molecule has 3 saturated heterocycles. The predicted octanol–water partition coefficient (Wildman–Crippen LogP) is 3.40. The van der Waals surface area contributed by atoms with Crippen LogP contribution in [0.3, 0.4) is 0 Å². The van der Waals surface area contributed by atoms with Crippen molar-refractivity contribution in [3.63, 3.8) is 0 Å². The normalized spacial score (nSPS) is 32.1. The number of carbonyl (C=O) groups excluding carboxylic acids is 2. The molecule has 3 atom stereocenters. The van der Waals surface area contributed by atoms with Gasteiger partial charge in [-0.3, -0.25) is 9.59 Å². The summed E-state index contributed by atoms with van der Waals surface area (Å²) in [6.07, 6.45) is 14.9. The third kappa shape index (κ3) is 3.17. The molecule has 3 aliphatic heterocycles. The second kappa shape index (κ2) is 7.23. The minimum absolute atomic E-state index is 0.0295. The molecule has 1 aromatic heterocycles. The Morgan fingerprint density at radius 2 is 1.82 bits per heavy atom. The lowest BCUT2D eigenvalue weighted by molar-refractivity contribution is -0.149. The van der Waals surface area contributed by atoms with Gasteiger partial charge >= 0.3 is 0 Å². The second-order valence-corrected chi connectivity index (χ2v) is 9.72. The first-order valence-corrected chi connectivity index (χ1v) is 11.4. The molecule has 4 aliphatic rings. The van der Waals surface area contributed by atoms with E-state index in [0.29, 0.717) is 36.1 Å². The van der Waals surface area contributed by atoms with Crippen molar-refractivity contribution in [2.24, 2.45) is 11.8 Å². The van der Waals surface area contributed by atoms with Crippen LogP contribution in [0.5, 0.6) is 0 Å². The molecule has 1 aromatic rings. The molecule has 5 nitrogen and oxygen atoms in total. The minimum atomic E-state index is -0.0295. The number of fused-ring (bicyclic) bond motifs is 4. The lowest BCUT2D eigenvalue weighted by Crippen LogP contribution is -2.61. The highest BCUT2D eigenvalue weighted by Gasteiger charge is 2.46. The summed E-state index contributed by atoms with van der Waals surface area (Å²) in [5, 5.41) is 0. The van der Waals surface area contributed by atoms with Gasteiger partial charge in [0.05, 0.1) is 12.0 Å². The number of hydrogen-bond acceptors (Lipinski definition) is 2. The zero-order chi connectivity index (χ0) is 19.1. The van der Waals surface area contributed by atoms with Crippen molar-refractivity contribution in [3.8, 4) is 0 Å². The molecule has 2 amide bonds. The lowest BCUT2D eigenvalue weighted by atomic mass is 9.75. The highest BCUT2D eigenvalue weighted by atomic mass is 16.2. The van der Waals surface area contributed by atoms with E-state index in [1.165, 1.54) is 25.7 Å². The smallest absolute Gasteiger partial charge is 0.224 e. The number of likely N-dealkylation sites (tertiary alicyclic amines) is 1. The maximum absolute atomic E-state index is 13.5. The summed E-state index contributed by atoms with van der Waals surface area (Å²) >= 11 is 0. The molecule has 1 saturated carbocycles. The first kappa shape index (κ1) is 18.3. The molecular weight excluding hydrogens is 350 g/mol. The SMILES string of the molecule is O=C(CC1(n2cccc2)CCCCC1)N1C[C@H]2C[C@@H](C1)[C@@H]1CCCC(=O)N1C2. The standard InChI is InChI=1S/C23H33N3O2/c27-21-8-6-7-20-19-13-18(16-26(20)21)15-24(17-19)22(28)14-23(9-2-1-3-10-23)25-11-4-5-12-25/h4-5,11-12,18-20H,1-3,6-10,13-17H2/t18-,19+,20+/m1/s1. The number of nitrogens with zero attached hydrogens (tertiary/aromatic N) is 3. The Balaban J connectivity index is 1.31. The highest BCUT2D eigenvalue weighted by Crippen LogP contribution is 2.41. The molecule has 5 heteroatoms. The molecule has 152 valence electrons. The van der Waals surface area contributed by atoms with Crippen LogP contribution in [0.1, 0.15) is 64.2 Å². The molecule has 4 heterocycles. The van der Waals surface area contributed by atoms with Gasteiger partial charge in [0.25, 0.3) is 0 Å². The fraction of sp³-hybridized carbons (Fsp3) is 0.739. The summed E-state index contributed by atoms with van der Waals surface area (Å²) in [5.74, 6) is 1.63. The molecule has 2 bridgehead atoms. The Morgan fingerprint density at radius 3 is 2.61 bits per heavy atom. The van der Waals surface area contributed by atoms with Crippen LogP contribution in [0.15, 0.2) is 24.5 Å². The zero-order valence-corrected chi connectivity index (χ0v) is 16.9. The largest absolute Gasteiger partial charge is 0.348 e. The van der Waals surface area contributed by atoms with E-state index in [1.54, 1.807) is 0 Å². The van der Waals surface area contributed by atoms with E-state index in [2.05, 4.69) is 38.9 Å². The predicted molar refractivity (Wildman–Crippen MR) is 108 cm³/mol. The molecule has 0 spiro atoms. The summed E-state index contributed by atoms with van der Waals surface area (Å²) in [6.45, 7) is 2.56. The first-order valence-electron chi connectivity index (χ1n) is 11.4. The number of amides is 2. The molecule has 0 N–H and O–H groups in total. The van der Waals surface area contributed by atoms with Gasteiger partial charge in [-0.25, -0.2) is 0 Å². The van der Waals surface area contributed by atoms with E-state index in [9.17, 15) is 9.59 Å². The van der Waals surface area contributed by atoms with Crippen LogP contribution < -0.4 is 0 Å². The Hall–Kier alpha value is -1.78. The van der Waals surface area contributed by atoms with Gasteiger partial charge in [0.1, 0.15) is 0 Å². The van der Waals surface area contributed by atoms with Crippen molar-refractivity contribution < 1.29 is 9.59 Å². The van der Waals surface area contributed by atoms with Crippen LogP contribution in [0, 0.1) is 11.8 Å². The van der Waals surface area contributed by atoms with E-state index in [-0.39, 0.29) is 5.54 Å². The molecule has 1 aliphatic carbocycles. The minimum Gasteiger partial charge on any atom is -0.348 e. The Morgan fingerprint density at radius 1 is 1.04 bits per heavy atom. The highest BCUT2D eigenvalue weighted by molar-refractivity contribution is 5.79.